The molecular weight excluding hydrogens is 364 g/mol. The number of ether oxygens (including phenoxy) is 1. The fourth-order valence-corrected chi connectivity index (χ4v) is 2.46. The maximum Gasteiger partial charge on any atom is 0.267 e. The SMILES string of the molecule is CC(C)NN.Cc1c(Cc2ccc(OC(C)C)cc2)c(=O)[nH]n1C(C)C.Cl. The van der Waals surface area contributed by atoms with Gasteiger partial charge in [0.2, 0.25) is 0 Å². The fraction of sp³-hybridized carbons (Fsp3) is 0.550. The minimum Gasteiger partial charge on any atom is -0.491 e. The van der Waals surface area contributed by atoms with Crippen LogP contribution >= 0.6 is 12.4 Å². The van der Waals surface area contributed by atoms with Crippen molar-refractivity contribution in [2.24, 2.45) is 5.84 Å². The van der Waals surface area contributed by atoms with Gasteiger partial charge < -0.3 is 4.74 Å². The normalized spacial score (nSPS) is 10.6. The highest BCUT2D eigenvalue weighted by molar-refractivity contribution is 5.85. The molecule has 4 N–H and O–H groups in total. The number of aromatic amines is 1. The highest BCUT2D eigenvalue weighted by Gasteiger charge is 2.13. The van der Waals surface area contributed by atoms with E-state index in [-0.39, 0.29) is 30.1 Å². The molecule has 1 heterocycles. The molecule has 0 saturated heterocycles. The van der Waals surface area contributed by atoms with Crippen LogP contribution in [-0.4, -0.2) is 21.9 Å². The van der Waals surface area contributed by atoms with Gasteiger partial charge in [0.15, 0.2) is 0 Å². The Morgan fingerprint density at radius 2 is 1.63 bits per heavy atom. The van der Waals surface area contributed by atoms with E-state index in [4.69, 9.17) is 10.6 Å². The topological polar surface area (TPSA) is 85.1 Å². The number of nitrogens with zero attached hydrogens (tertiary/aromatic N) is 1. The second-order valence-electron chi connectivity index (χ2n) is 7.28. The minimum atomic E-state index is 0. The van der Waals surface area contributed by atoms with Crippen LogP contribution in [0.4, 0.5) is 0 Å². The molecule has 0 bridgehead atoms. The van der Waals surface area contributed by atoms with Crippen molar-refractivity contribution in [3.63, 3.8) is 0 Å². The summed E-state index contributed by atoms with van der Waals surface area (Å²) in [5.74, 6) is 5.78. The van der Waals surface area contributed by atoms with Crippen LogP contribution in [0.5, 0.6) is 5.75 Å². The van der Waals surface area contributed by atoms with Crippen LogP contribution in [0, 0.1) is 6.92 Å². The van der Waals surface area contributed by atoms with Crippen molar-refractivity contribution in [3.8, 4) is 5.75 Å². The second kappa shape index (κ2) is 11.8. The predicted octanol–water partition coefficient (Wildman–Crippen LogP) is 3.72. The van der Waals surface area contributed by atoms with Crippen LogP contribution in [0.2, 0.25) is 0 Å². The van der Waals surface area contributed by atoms with E-state index in [1.165, 1.54) is 0 Å². The quantitative estimate of drug-likeness (QED) is 0.511. The number of nitrogens with one attached hydrogen (secondary N) is 2. The van der Waals surface area contributed by atoms with Crippen molar-refractivity contribution in [1.82, 2.24) is 15.2 Å². The summed E-state index contributed by atoms with van der Waals surface area (Å²) in [7, 11) is 0. The summed E-state index contributed by atoms with van der Waals surface area (Å²) in [5.41, 5.74) is 5.49. The molecule has 0 radical (unpaired) electrons. The first kappa shape index (κ1) is 25.2. The van der Waals surface area contributed by atoms with Gasteiger partial charge in [-0.1, -0.05) is 12.1 Å². The van der Waals surface area contributed by atoms with E-state index in [0.717, 1.165) is 22.6 Å². The number of hydrogen-bond acceptors (Lipinski definition) is 4. The van der Waals surface area contributed by atoms with Gasteiger partial charge in [-0.15, -0.1) is 12.4 Å². The monoisotopic (exact) mass is 398 g/mol. The smallest absolute Gasteiger partial charge is 0.267 e. The first-order valence-corrected chi connectivity index (χ1v) is 9.17. The van der Waals surface area contributed by atoms with E-state index in [1.807, 2.05) is 63.6 Å². The fourth-order valence-electron chi connectivity index (χ4n) is 2.46. The lowest BCUT2D eigenvalue weighted by Crippen LogP contribution is -2.29. The lowest BCUT2D eigenvalue weighted by molar-refractivity contribution is 0.242. The minimum absolute atomic E-state index is 0. The number of halogens is 1. The Morgan fingerprint density at radius 1 is 1.11 bits per heavy atom. The third kappa shape index (κ3) is 8.20. The van der Waals surface area contributed by atoms with Crippen LogP contribution in [0.1, 0.15) is 64.4 Å². The average molecular weight is 399 g/mol. The number of hydrogen-bond donors (Lipinski definition) is 3. The predicted molar refractivity (Wildman–Crippen MR) is 115 cm³/mol. The Bertz CT molecular complexity index is 719. The summed E-state index contributed by atoms with van der Waals surface area (Å²) in [6, 6.07) is 8.62. The Balaban J connectivity index is 0.00000100. The molecule has 0 amide bonds. The molecule has 1 aromatic carbocycles. The molecule has 154 valence electrons. The number of H-pyrrole nitrogens is 1. The first-order valence-electron chi connectivity index (χ1n) is 9.17. The number of nitrogens with two attached hydrogens (primary N) is 1. The van der Waals surface area contributed by atoms with Gasteiger partial charge in [0, 0.05) is 29.8 Å². The standard InChI is InChI=1S/C17H24N2O2.C3H10N2.ClH/c1-11(2)19-13(5)16(17(20)18-19)10-14-6-8-15(9-7-14)21-12(3)4;1-3(2)5-4;/h6-9,11-12H,10H2,1-5H3,(H,18,20);3,5H,4H2,1-2H3;1H. The van der Waals surface area contributed by atoms with Crippen LogP contribution in [0.15, 0.2) is 29.1 Å². The van der Waals surface area contributed by atoms with E-state index in [2.05, 4.69) is 24.4 Å². The maximum absolute atomic E-state index is 12.1. The Kier molecular flexibility index (Phi) is 11.1. The molecule has 1 aromatic heterocycles. The third-order valence-electron chi connectivity index (χ3n) is 3.82. The summed E-state index contributed by atoms with van der Waals surface area (Å²) in [6.07, 6.45) is 0.809. The molecule has 0 fully saturated rings. The molecule has 0 aliphatic heterocycles. The molecular formula is C20H35ClN4O2. The summed E-state index contributed by atoms with van der Waals surface area (Å²) in [6.45, 7) is 14.1. The van der Waals surface area contributed by atoms with Gasteiger partial charge in [-0.2, -0.15) is 0 Å². The van der Waals surface area contributed by atoms with Crippen molar-refractivity contribution < 1.29 is 4.74 Å². The summed E-state index contributed by atoms with van der Waals surface area (Å²) >= 11 is 0. The zero-order chi connectivity index (χ0) is 19.9. The molecule has 7 heteroatoms. The van der Waals surface area contributed by atoms with Crippen molar-refractivity contribution >= 4 is 12.4 Å². The molecule has 2 rings (SSSR count). The zero-order valence-electron chi connectivity index (χ0n) is 17.5. The van der Waals surface area contributed by atoms with Gasteiger partial charge in [0.1, 0.15) is 5.75 Å². The van der Waals surface area contributed by atoms with Gasteiger partial charge in [-0.3, -0.25) is 25.8 Å². The summed E-state index contributed by atoms with van der Waals surface area (Å²) in [4.78, 5) is 12.1. The van der Waals surface area contributed by atoms with Crippen LogP contribution in [0.25, 0.3) is 0 Å². The van der Waals surface area contributed by atoms with Crippen LogP contribution < -0.4 is 21.6 Å². The van der Waals surface area contributed by atoms with Crippen LogP contribution in [0.3, 0.4) is 0 Å². The van der Waals surface area contributed by atoms with E-state index in [9.17, 15) is 4.79 Å². The number of rotatable bonds is 6. The molecule has 0 spiro atoms. The van der Waals surface area contributed by atoms with Gasteiger partial charge in [-0.25, -0.2) is 0 Å². The first-order chi connectivity index (χ1) is 12.1. The van der Waals surface area contributed by atoms with Crippen molar-refractivity contribution in [2.75, 3.05) is 0 Å². The Hall–Kier alpha value is -1.76. The number of benzene rings is 1. The van der Waals surface area contributed by atoms with Crippen molar-refractivity contribution in [2.45, 2.75) is 73.1 Å². The highest BCUT2D eigenvalue weighted by atomic mass is 35.5. The molecule has 2 aromatic rings. The molecule has 0 saturated carbocycles. The lowest BCUT2D eigenvalue weighted by atomic mass is 10.1. The van der Waals surface area contributed by atoms with Gasteiger partial charge in [-0.05, 0) is 66.2 Å². The van der Waals surface area contributed by atoms with E-state index in [1.54, 1.807) is 0 Å². The number of aromatic nitrogens is 2. The summed E-state index contributed by atoms with van der Waals surface area (Å²) in [5, 5.41) is 2.91. The molecule has 6 nitrogen and oxygen atoms in total. The van der Waals surface area contributed by atoms with E-state index in [0.29, 0.717) is 12.5 Å². The van der Waals surface area contributed by atoms with Gasteiger partial charge >= 0.3 is 0 Å². The highest BCUT2D eigenvalue weighted by Crippen LogP contribution is 2.17. The van der Waals surface area contributed by atoms with Gasteiger partial charge in [0.05, 0.1) is 6.10 Å². The molecule has 27 heavy (non-hydrogen) atoms. The number of hydrazine groups is 1. The van der Waals surface area contributed by atoms with Crippen LogP contribution in [-0.2, 0) is 6.42 Å². The summed E-state index contributed by atoms with van der Waals surface area (Å²) < 4.78 is 7.55. The Morgan fingerprint density at radius 3 is 2.00 bits per heavy atom. The Labute approximate surface area is 168 Å². The van der Waals surface area contributed by atoms with E-state index < -0.39 is 0 Å². The molecule has 0 aliphatic carbocycles. The maximum atomic E-state index is 12.1. The van der Waals surface area contributed by atoms with Gasteiger partial charge in [0.25, 0.3) is 5.56 Å². The molecule has 0 aliphatic rings. The third-order valence-corrected chi connectivity index (χ3v) is 3.82. The molecule has 0 atom stereocenters. The lowest BCUT2D eigenvalue weighted by Gasteiger charge is -2.11. The van der Waals surface area contributed by atoms with E-state index >= 15 is 0 Å². The van der Waals surface area contributed by atoms with Crippen molar-refractivity contribution in [3.05, 3.63) is 51.4 Å². The second-order valence-corrected chi connectivity index (χ2v) is 7.28. The molecule has 0 unspecified atom stereocenters. The van der Waals surface area contributed by atoms with Crippen molar-refractivity contribution in [1.29, 1.82) is 0 Å². The largest absolute Gasteiger partial charge is 0.491 e. The zero-order valence-corrected chi connectivity index (χ0v) is 18.3. The average Bonchev–Trinajstić information content (AvgIpc) is 2.85.